The molecular weight excluding hydrogens is 268 g/mol. The van der Waals surface area contributed by atoms with Crippen LogP contribution >= 0.6 is 0 Å². The van der Waals surface area contributed by atoms with Crippen LogP contribution in [-0.2, 0) is 9.53 Å². The zero-order chi connectivity index (χ0) is 14.7. The van der Waals surface area contributed by atoms with Crippen molar-refractivity contribution in [2.24, 2.45) is 10.9 Å². The second-order valence-corrected chi connectivity index (χ2v) is 5.14. The molecule has 3 rings (SSSR count). The first-order valence-electron chi connectivity index (χ1n) is 7.09. The molecule has 110 valence electrons. The number of hydrogen-bond acceptors (Lipinski definition) is 4. The molecule has 1 aromatic rings. The summed E-state index contributed by atoms with van der Waals surface area (Å²) in [5, 5.41) is 2.88. The van der Waals surface area contributed by atoms with Crippen LogP contribution in [0.2, 0.25) is 0 Å². The first kappa shape index (κ1) is 13.8. The van der Waals surface area contributed by atoms with E-state index < -0.39 is 0 Å². The Morgan fingerprint density at radius 3 is 2.67 bits per heavy atom. The number of methoxy groups -OCH3 is 1. The predicted octanol–water partition coefficient (Wildman–Crippen LogP) is 1.99. The van der Waals surface area contributed by atoms with E-state index >= 15 is 0 Å². The Bertz CT molecular complexity index is 584. The van der Waals surface area contributed by atoms with Crippen molar-refractivity contribution in [2.45, 2.75) is 12.8 Å². The number of carbonyl (C=O) groups is 1. The average molecular weight is 286 g/mol. The molecule has 1 fully saturated rings. The fraction of sp³-hybridized carbons (Fsp3) is 0.375. The van der Waals surface area contributed by atoms with Crippen LogP contribution in [-0.4, -0.2) is 32.1 Å². The van der Waals surface area contributed by atoms with E-state index in [2.05, 4.69) is 10.3 Å². The van der Waals surface area contributed by atoms with Crippen LogP contribution in [0, 0.1) is 5.92 Å². The quantitative estimate of drug-likeness (QED) is 0.864. The third-order valence-corrected chi connectivity index (χ3v) is 3.74. The molecule has 1 saturated heterocycles. The molecule has 21 heavy (non-hydrogen) atoms. The van der Waals surface area contributed by atoms with E-state index in [0.717, 1.165) is 43.2 Å². The maximum atomic E-state index is 12.0. The predicted molar refractivity (Wildman–Crippen MR) is 80.1 cm³/mol. The standard InChI is InChI=1S/C16H18N2O3/c1-20-13-4-2-11(3-5-13)10-14-16(19)18-15(17-14)12-6-8-21-9-7-12/h2-5,10,12H,6-9H2,1H3,(H,17,18,19)/b14-10+. The molecule has 0 radical (unpaired) electrons. The maximum absolute atomic E-state index is 12.0. The molecule has 0 saturated carbocycles. The summed E-state index contributed by atoms with van der Waals surface area (Å²) in [6.07, 6.45) is 3.62. The molecule has 2 aliphatic heterocycles. The van der Waals surface area contributed by atoms with Crippen molar-refractivity contribution in [3.63, 3.8) is 0 Å². The molecule has 1 N–H and O–H groups in total. The fourth-order valence-electron chi connectivity index (χ4n) is 2.51. The van der Waals surface area contributed by atoms with Gasteiger partial charge >= 0.3 is 0 Å². The van der Waals surface area contributed by atoms with Crippen molar-refractivity contribution < 1.29 is 14.3 Å². The van der Waals surface area contributed by atoms with Gasteiger partial charge in [-0.15, -0.1) is 0 Å². The van der Waals surface area contributed by atoms with Crippen molar-refractivity contribution in [3.8, 4) is 5.75 Å². The third kappa shape index (κ3) is 3.13. The van der Waals surface area contributed by atoms with E-state index in [9.17, 15) is 4.79 Å². The molecule has 0 atom stereocenters. The van der Waals surface area contributed by atoms with Gasteiger partial charge in [-0.2, -0.15) is 0 Å². The highest BCUT2D eigenvalue weighted by Gasteiger charge is 2.27. The van der Waals surface area contributed by atoms with Crippen LogP contribution in [0.1, 0.15) is 18.4 Å². The molecule has 2 heterocycles. The van der Waals surface area contributed by atoms with Crippen molar-refractivity contribution in [3.05, 3.63) is 35.5 Å². The Balaban J connectivity index is 1.78. The summed E-state index contributed by atoms with van der Waals surface area (Å²) in [5.41, 5.74) is 1.39. The molecule has 0 unspecified atom stereocenters. The van der Waals surface area contributed by atoms with Crippen molar-refractivity contribution in [1.82, 2.24) is 5.32 Å². The van der Waals surface area contributed by atoms with Gasteiger partial charge in [0.15, 0.2) is 0 Å². The minimum Gasteiger partial charge on any atom is -0.497 e. The van der Waals surface area contributed by atoms with Gasteiger partial charge in [0.2, 0.25) is 0 Å². The van der Waals surface area contributed by atoms with Gasteiger partial charge in [-0.25, -0.2) is 4.99 Å². The van der Waals surface area contributed by atoms with Crippen LogP contribution in [0.25, 0.3) is 6.08 Å². The Morgan fingerprint density at radius 2 is 2.00 bits per heavy atom. The number of carbonyl (C=O) groups excluding carboxylic acids is 1. The van der Waals surface area contributed by atoms with E-state index in [0.29, 0.717) is 11.6 Å². The van der Waals surface area contributed by atoms with Crippen LogP contribution < -0.4 is 10.1 Å². The normalized spacial score (nSPS) is 21.3. The van der Waals surface area contributed by atoms with Crippen LogP contribution in [0.4, 0.5) is 0 Å². The summed E-state index contributed by atoms with van der Waals surface area (Å²) in [6.45, 7) is 1.47. The molecule has 5 heteroatoms. The Kier molecular flexibility index (Phi) is 4.01. The molecule has 1 amide bonds. The Hall–Kier alpha value is -2.14. The lowest BCUT2D eigenvalue weighted by Crippen LogP contribution is -2.33. The van der Waals surface area contributed by atoms with Crippen LogP contribution in [0.3, 0.4) is 0 Å². The number of amides is 1. The van der Waals surface area contributed by atoms with Crippen LogP contribution in [0.5, 0.6) is 5.75 Å². The first-order valence-corrected chi connectivity index (χ1v) is 7.09. The lowest BCUT2D eigenvalue weighted by atomic mass is 9.99. The number of benzene rings is 1. The van der Waals surface area contributed by atoms with Gasteiger partial charge in [0.25, 0.3) is 5.91 Å². The minimum absolute atomic E-state index is 0.132. The second-order valence-electron chi connectivity index (χ2n) is 5.14. The number of nitrogens with one attached hydrogen (secondary N) is 1. The van der Waals surface area contributed by atoms with E-state index in [1.165, 1.54) is 0 Å². The molecule has 0 aromatic heterocycles. The lowest BCUT2D eigenvalue weighted by molar-refractivity contribution is -0.115. The van der Waals surface area contributed by atoms with E-state index in [1.54, 1.807) is 13.2 Å². The monoisotopic (exact) mass is 286 g/mol. The number of rotatable bonds is 3. The molecule has 5 nitrogen and oxygen atoms in total. The zero-order valence-electron chi connectivity index (χ0n) is 12.0. The van der Waals surface area contributed by atoms with Gasteiger partial charge in [-0.05, 0) is 36.6 Å². The molecule has 0 aliphatic carbocycles. The molecule has 0 bridgehead atoms. The SMILES string of the molecule is COc1ccc(/C=C2/N=C(C3CCOCC3)NC2=O)cc1. The summed E-state index contributed by atoms with van der Waals surface area (Å²) in [7, 11) is 1.63. The molecular formula is C16H18N2O3. The number of amidine groups is 1. The second kappa shape index (κ2) is 6.10. The van der Waals surface area contributed by atoms with Crippen molar-refractivity contribution in [2.75, 3.05) is 20.3 Å². The van der Waals surface area contributed by atoms with E-state index in [1.807, 2.05) is 24.3 Å². The smallest absolute Gasteiger partial charge is 0.275 e. The Labute approximate surface area is 123 Å². The largest absolute Gasteiger partial charge is 0.497 e. The van der Waals surface area contributed by atoms with Gasteiger partial charge in [-0.3, -0.25) is 4.79 Å². The van der Waals surface area contributed by atoms with Crippen molar-refractivity contribution in [1.29, 1.82) is 0 Å². The van der Waals surface area contributed by atoms with Crippen LogP contribution in [0.15, 0.2) is 35.0 Å². The third-order valence-electron chi connectivity index (χ3n) is 3.74. The van der Waals surface area contributed by atoms with Gasteiger partial charge in [0.1, 0.15) is 17.3 Å². The first-order chi connectivity index (χ1) is 10.3. The van der Waals surface area contributed by atoms with Gasteiger partial charge in [0, 0.05) is 19.1 Å². The summed E-state index contributed by atoms with van der Waals surface area (Å²) in [4.78, 5) is 16.5. The highest BCUT2D eigenvalue weighted by molar-refractivity contribution is 6.15. The average Bonchev–Trinajstić information content (AvgIpc) is 2.90. The number of hydrogen-bond donors (Lipinski definition) is 1. The number of aliphatic imine (C=N–C) groups is 1. The highest BCUT2D eigenvalue weighted by atomic mass is 16.5. The number of nitrogens with zero attached hydrogens (tertiary/aromatic N) is 1. The summed E-state index contributed by atoms with van der Waals surface area (Å²) in [5.74, 6) is 1.74. The zero-order valence-corrected chi connectivity index (χ0v) is 12.0. The summed E-state index contributed by atoms with van der Waals surface area (Å²) in [6, 6.07) is 7.53. The summed E-state index contributed by atoms with van der Waals surface area (Å²) < 4.78 is 10.5. The Morgan fingerprint density at radius 1 is 1.29 bits per heavy atom. The molecule has 2 aliphatic rings. The number of ether oxygens (including phenoxy) is 2. The van der Waals surface area contributed by atoms with E-state index in [4.69, 9.17) is 9.47 Å². The van der Waals surface area contributed by atoms with E-state index in [-0.39, 0.29) is 5.91 Å². The maximum Gasteiger partial charge on any atom is 0.275 e. The topological polar surface area (TPSA) is 59.9 Å². The molecule has 0 spiro atoms. The van der Waals surface area contributed by atoms with Gasteiger partial charge < -0.3 is 14.8 Å². The minimum atomic E-state index is -0.132. The fourth-order valence-corrected chi connectivity index (χ4v) is 2.51. The summed E-state index contributed by atoms with van der Waals surface area (Å²) >= 11 is 0. The lowest BCUT2D eigenvalue weighted by Gasteiger charge is -2.21. The van der Waals surface area contributed by atoms with Gasteiger partial charge in [0.05, 0.1) is 7.11 Å². The highest BCUT2D eigenvalue weighted by Crippen LogP contribution is 2.21. The van der Waals surface area contributed by atoms with Crippen molar-refractivity contribution >= 4 is 17.8 Å². The molecule has 1 aromatic carbocycles. The van der Waals surface area contributed by atoms with Gasteiger partial charge in [-0.1, -0.05) is 12.1 Å².